The Bertz CT molecular complexity index is 619. The quantitative estimate of drug-likeness (QED) is 0.794. The van der Waals surface area contributed by atoms with Gasteiger partial charge in [-0.3, -0.25) is 14.4 Å². The van der Waals surface area contributed by atoms with Crippen molar-refractivity contribution in [2.75, 3.05) is 5.32 Å². The van der Waals surface area contributed by atoms with Gasteiger partial charge in [0.25, 0.3) is 5.91 Å². The first-order valence-corrected chi connectivity index (χ1v) is 7.78. The zero-order valence-electron chi connectivity index (χ0n) is 13.4. The van der Waals surface area contributed by atoms with Crippen molar-refractivity contribution in [1.82, 2.24) is 5.32 Å². The summed E-state index contributed by atoms with van der Waals surface area (Å²) in [5.74, 6) is -1.43. The summed E-state index contributed by atoms with van der Waals surface area (Å²) in [5, 5.41) is 14.6. The van der Waals surface area contributed by atoms with E-state index < -0.39 is 5.97 Å². The van der Waals surface area contributed by atoms with Crippen molar-refractivity contribution in [3.63, 3.8) is 0 Å². The lowest BCUT2D eigenvalue weighted by molar-refractivity contribution is -0.142. The second-order valence-electron chi connectivity index (χ2n) is 6.07. The summed E-state index contributed by atoms with van der Waals surface area (Å²) in [6.45, 7) is 3.26. The number of amides is 2. The summed E-state index contributed by atoms with van der Waals surface area (Å²) in [6, 6.07) is 5.21. The number of aliphatic carboxylic acids is 1. The fraction of sp³-hybridized carbons (Fsp3) is 0.471. The first kappa shape index (κ1) is 17.0. The number of carboxylic acid groups (broad SMARTS) is 1. The van der Waals surface area contributed by atoms with Crippen LogP contribution in [0.4, 0.5) is 5.69 Å². The molecule has 1 aromatic rings. The lowest BCUT2D eigenvalue weighted by Gasteiger charge is -2.27. The van der Waals surface area contributed by atoms with Gasteiger partial charge < -0.3 is 15.7 Å². The molecule has 0 spiro atoms. The molecule has 1 aliphatic rings. The average molecular weight is 318 g/mol. The van der Waals surface area contributed by atoms with E-state index in [1.807, 2.05) is 6.92 Å². The molecule has 0 heterocycles. The molecule has 1 saturated carbocycles. The zero-order chi connectivity index (χ0) is 17.0. The Morgan fingerprint density at radius 1 is 1.13 bits per heavy atom. The van der Waals surface area contributed by atoms with Gasteiger partial charge in [-0.25, -0.2) is 0 Å². The third-order valence-electron chi connectivity index (χ3n) is 4.21. The molecular weight excluding hydrogens is 296 g/mol. The third-order valence-corrected chi connectivity index (χ3v) is 4.21. The standard InChI is InChI=1S/C17H22N2O4/c1-10-3-6-14(18-11(2)20)9-15(10)16(21)19-13-7-4-12(5-8-13)17(22)23/h3,6,9,12-13H,4-5,7-8H2,1-2H3,(H,18,20)(H,19,21)(H,22,23). The van der Waals surface area contributed by atoms with Crippen LogP contribution < -0.4 is 10.6 Å². The highest BCUT2D eigenvalue weighted by molar-refractivity contribution is 5.98. The lowest BCUT2D eigenvalue weighted by atomic mass is 9.86. The van der Waals surface area contributed by atoms with Gasteiger partial charge >= 0.3 is 5.97 Å². The minimum absolute atomic E-state index is 0.00178. The van der Waals surface area contributed by atoms with Gasteiger partial charge in [0.05, 0.1) is 5.92 Å². The highest BCUT2D eigenvalue weighted by atomic mass is 16.4. The molecule has 1 aromatic carbocycles. The second-order valence-corrected chi connectivity index (χ2v) is 6.07. The molecule has 0 unspecified atom stereocenters. The predicted molar refractivity (Wildman–Crippen MR) is 86.3 cm³/mol. The number of hydrogen-bond acceptors (Lipinski definition) is 3. The van der Waals surface area contributed by atoms with Crippen LogP contribution in [-0.2, 0) is 9.59 Å². The van der Waals surface area contributed by atoms with Crippen LogP contribution in [-0.4, -0.2) is 28.9 Å². The van der Waals surface area contributed by atoms with Crippen LogP contribution >= 0.6 is 0 Å². The number of hydrogen-bond donors (Lipinski definition) is 3. The Hall–Kier alpha value is -2.37. The van der Waals surface area contributed by atoms with Crippen molar-refractivity contribution in [2.45, 2.75) is 45.6 Å². The summed E-state index contributed by atoms with van der Waals surface area (Å²) in [6.07, 6.45) is 2.52. The van der Waals surface area contributed by atoms with E-state index in [1.165, 1.54) is 6.92 Å². The molecular formula is C17H22N2O4. The highest BCUT2D eigenvalue weighted by Crippen LogP contribution is 2.25. The smallest absolute Gasteiger partial charge is 0.306 e. The Labute approximate surface area is 135 Å². The molecule has 1 fully saturated rings. The Morgan fingerprint density at radius 3 is 2.35 bits per heavy atom. The average Bonchev–Trinajstić information content (AvgIpc) is 2.49. The van der Waals surface area contributed by atoms with Gasteiger partial charge in [0.1, 0.15) is 0 Å². The fourth-order valence-electron chi connectivity index (χ4n) is 2.90. The van der Waals surface area contributed by atoms with E-state index in [0.717, 1.165) is 5.56 Å². The molecule has 2 amide bonds. The molecule has 0 saturated heterocycles. The molecule has 0 atom stereocenters. The van der Waals surface area contributed by atoms with E-state index in [-0.39, 0.29) is 23.8 Å². The van der Waals surface area contributed by atoms with Gasteiger partial charge in [-0.05, 0) is 50.3 Å². The van der Waals surface area contributed by atoms with Crippen LogP contribution in [0.2, 0.25) is 0 Å². The maximum absolute atomic E-state index is 12.4. The Morgan fingerprint density at radius 2 is 1.78 bits per heavy atom. The number of carboxylic acids is 1. The summed E-state index contributed by atoms with van der Waals surface area (Å²) >= 11 is 0. The summed E-state index contributed by atoms with van der Waals surface area (Å²) in [4.78, 5) is 34.5. The number of carbonyl (C=O) groups excluding carboxylic acids is 2. The topological polar surface area (TPSA) is 95.5 Å². The molecule has 23 heavy (non-hydrogen) atoms. The number of benzene rings is 1. The molecule has 2 rings (SSSR count). The van der Waals surface area contributed by atoms with Crippen molar-refractivity contribution in [1.29, 1.82) is 0 Å². The zero-order valence-corrected chi connectivity index (χ0v) is 13.4. The van der Waals surface area contributed by atoms with Crippen LogP contribution in [0, 0.1) is 12.8 Å². The Balaban J connectivity index is 2.01. The van der Waals surface area contributed by atoms with Gasteiger partial charge in [0.2, 0.25) is 5.91 Å². The van der Waals surface area contributed by atoms with Gasteiger partial charge in [0, 0.05) is 24.2 Å². The lowest BCUT2D eigenvalue weighted by Crippen LogP contribution is -2.39. The molecule has 6 nitrogen and oxygen atoms in total. The molecule has 0 bridgehead atoms. The SMILES string of the molecule is CC(=O)Nc1ccc(C)c(C(=O)NC2CCC(C(=O)O)CC2)c1. The van der Waals surface area contributed by atoms with E-state index in [1.54, 1.807) is 18.2 Å². The minimum atomic E-state index is -0.756. The fourth-order valence-corrected chi connectivity index (χ4v) is 2.90. The first-order chi connectivity index (χ1) is 10.9. The third kappa shape index (κ3) is 4.55. The molecule has 3 N–H and O–H groups in total. The molecule has 0 aliphatic heterocycles. The first-order valence-electron chi connectivity index (χ1n) is 7.78. The second kappa shape index (κ2) is 7.26. The maximum Gasteiger partial charge on any atom is 0.306 e. The van der Waals surface area contributed by atoms with E-state index >= 15 is 0 Å². The van der Waals surface area contributed by atoms with E-state index in [2.05, 4.69) is 10.6 Å². The van der Waals surface area contributed by atoms with Crippen molar-refractivity contribution in [3.8, 4) is 0 Å². The van der Waals surface area contributed by atoms with E-state index in [9.17, 15) is 14.4 Å². The number of aryl methyl sites for hydroxylation is 1. The molecule has 0 aromatic heterocycles. The monoisotopic (exact) mass is 318 g/mol. The van der Waals surface area contributed by atoms with Gasteiger partial charge in [-0.15, -0.1) is 0 Å². The number of carbonyl (C=O) groups is 3. The van der Waals surface area contributed by atoms with Crippen molar-refractivity contribution < 1.29 is 19.5 Å². The maximum atomic E-state index is 12.4. The minimum Gasteiger partial charge on any atom is -0.481 e. The van der Waals surface area contributed by atoms with Crippen LogP contribution in [0.15, 0.2) is 18.2 Å². The van der Waals surface area contributed by atoms with Crippen LogP contribution in [0.5, 0.6) is 0 Å². The normalized spacial score (nSPS) is 20.6. The summed E-state index contributed by atoms with van der Waals surface area (Å²) in [7, 11) is 0. The molecule has 0 radical (unpaired) electrons. The molecule has 6 heteroatoms. The predicted octanol–water partition coefficient (Wildman–Crippen LogP) is 2.33. The molecule has 124 valence electrons. The van der Waals surface area contributed by atoms with E-state index in [4.69, 9.17) is 5.11 Å². The van der Waals surface area contributed by atoms with Gasteiger partial charge in [-0.2, -0.15) is 0 Å². The van der Waals surface area contributed by atoms with E-state index in [0.29, 0.717) is 36.9 Å². The van der Waals surface area contributed by atoms with Crippen LogP contribution in [0.3, 0.4) is 0 Å². The van der Waals surface area contributed by atoms with Gasteiger partial charge in [-0.1, -0.05) is 6.07 Å². The summed E-state index contributed by atoms with van der Waals surface area (Å²) < 4.78 is 0. The summed E-state index contributed by atoms with van der Waals surface area (Å²) in [5.41, 5.74) is 1.94. The highest BCUT2D eigenvalue weighted by Gasteiger charge is 2.27. The van der Waals surface area contributed by atoms with Crippen molar-refractivity contribution >= 4 is 23.5 Å². The van der Waals surface area contributed by atoms with Gasteiger partial charge in [0.15, 0.2) is 0 Å². The number of rotatable bonds is 4. The van der Waals surface area contributed by atoms with Crippen molar-refractivity contribution in [3.05, 3.63) is 29.3 Å². The van der Waals surface area contributed by atoms with Crippen LogP contribution in [0.25, 0.3) is 0 Å². The van der Waals surface area contributed by atoms with Crippen LogP contribution in [0.1, 0.15) is 48.5 Å². The number of nitrogens with one attached hydrogen (secondary N) is 2. The number of anilines is 1. The molecule has 1 aliphatic carbocycles. The largest absolute Gasteiger partial charge is 0.481 e. The van der Waals surface area contributed by atoms with Crippen molar-refractivity contribution in [2.24, 2.45) is 5.92 Å². The Kier molecular flexibility index (Phi) is 5.36.